The molecule has 17 heavy (non-hydrogen) atoms. The number of ketones is 1. The first-order valence-corrected chi connectivity index (χ1v) is 6.38. The van der Waals surface area contributed by atoms with E-state index in [1.165, 1.54) is 0 Å². The topological polar surface area (TPSA) is 56.0 Å². The number of aryl methyl sites for hydroxylation is 1. The van der Waals surface area contributed by atoms with Crippen molar-refractivity contribution in [1.82, 2.24) is 10.1 Å². The van der Waals surface area contributed by atoms with Crippen molar-refractivity contribution >= 4 is 5.78 Å². The van der Waals surface area contributed by atoms with Gasteiger partial charge >= 0.3 is 0 Å². The number of Topliss-reactive ketones (excluding diaryl/α,β-unsaturated/α-hetero) is 1. The van der Waals surface area contributed by atoms with E-state index in [1.807, 2.05) is 6.92 Å². The van der Waals surface area contributed by atoms with Crippen LogP contribution >= 0.6 is 0 Å². The molecule has 92 valence electrons. The van der Waals surface area contributed by atoms with Crippen LogP contribution in [0.1, 0.15) is 57.2 Å². The predicted octanol–water partition coefficient (Wildman–Crippen LogP) is 2.56. The van der Waals surface area contributed by atoms with Gasteiger partial charge in [0.1, 0.15) is 5.78 Å². The maximum absolute atomic E-state index is 11.8. The molecule has 1 aromatic heterocycles. The second-order valence-electron chi connectivity index (χ2n) is 5.76. The van der Waals surface area contributed by atoms with Crippen molar-refractivity contribution in [3.8, 4) is 0 Å². The van der Waals surface area contributed by atoms with Gasteiger partial charge in [-0.2, -0.15) is 4.98 Å². The van der Waals surface area contributed by atoms with Crippen molar-refractivity contribution in [2.75, 3.05) is 0 Å². The normalized spacial score (nSPS) is 36.1. The molecule has 0 amide bonds. The van der Waals surface area contributed by atoms with Gasteiger partial charge in [0.25, 0.3) is 0 Å². The molecule has 0 radical (unpaired) electrons. The Hall–Kier alpha value is -1.19. The molecule has 0 N–H and O–H groups in total. The van der Waals surface area contributed by atoms with E-state index in [-0.39, 0.29) is 10.8 Å². The fourth-order valence-electron chi connectivity index (χ4n) is 3.55. The number of carbonyl (C=O) groups excluding carboxylic acids is 1. The van der Waals surface area contributed by atoms with Crippen LogP contribution in [0.15, 0.2) is 4.52 Å². The molecule has 0 aliphatic heterocycles. The maximum atomic E-state index is 11.8. The van der Waals surface area contributed by atoms with Crippen LogP contribution in [0, 0.1) is 12.3 Å². The lowest BCUT2D eigenvalue weighted by Crippen LogP contribution is -2.47. The molecule has 4 heteroatoms. The summed E-state index contributed by atoms with van der Waals surface area (Å²) in [5.41, 5.74) is 0.0370. The van der Waals surface area contributed by atoms with Crippen molar-refractivity contribution in [1.29, 1.82) is 0 Å². The molecular formula is C13H18N2O2. The molecule has 2 bridgehead atoms. The molecule has 0 spiro atoms. The van der Waals surface area contributed by atoms with E-state index in [4.69, 9.17) is 4.52 Å². The SMILES string of the molecule is CC(=O)C12CCC(c3nc(C)no3)(CC1)CC2. The van der Waals surface area contributed by atoms with Crippen LogP contribution in [0.25, 0.3) is 0 Å². The number of rotatable bonds is 2. The summed E-state index contributed by atoms with van der Waals surface area (Å²) in [5, 5.41) is 3.90. The van der Waals surface area contributed by atoms with E-state index < -0.39 is 0 Å². The third-order valence-electron chi connectivity index (χ3n) is 4.97. The average molecular weight is 234 g/mol. The third-order valence-corrected chi connectivity index (χ3v) is 4.97. The van der Waals surface area contributed by atoms with Gasteiger partial charge in [0.2, 0.25) is 5.89 Å². The Morgan fingerprint density at radius 2 is 1.76 bits per heavy atom. The van der Waals surface area contributed by atoms with E-state index >= 15 is 0 Å². The molecule has 3 fully saturated rings. The van der Waals surface area contributed by atoms with Gasteiger partial charge in [-0.05, 0) is 52.4 Å². The number of fused-ring (bicyclic) bond motifs is 3. The lowest BCUT2D eigenvalue weighted by atomic mass is 9.52. The number of nitrogens with zero attached hydrogens (tertiary/aromatic N) is 2. The van der Waals surface area contributed by atoms with Crippen LogP contribution < -0.4 is 0 Å². The zero-order valence-corrected chi connectivity index (χ0v) is 10.5. The number of carbonyl (C=O) groups is 1. The van der Waals surface area contributed by atoms with E-state index in [1.54, 1.807) is 6.92 Å². The summed E-state index contributed by atoms with van der Waals surface area (Å²) in [5.74, 6) is 1.88. The van der Waals surface area contributed by atoms with Gasteiger partial charge in [0, 0.05) is 10.8 Å². The van der Waals surface area contributed by atoms with Gasteiger partial charge in [-0.15, -0.1) is 0 Å². The third kappa shape index (κ3) is 1.46. The first kappa shape index (κ1) is 10.9. The predicted molar refractivity (Wildman–Crippen MR) is 61.5 cm³/mol. The Kier molecular flexibility index (Phi) is 2.19. The Balaban J connectivity index is 1.89. The molecule has 3 saturated carbocycles. The molecular weight excluding hydrogens is 216 g/mol. The highest BCUT2D eigenvalue weighted by Crippen LogP contribution is 2.57. The van der Waals surface area contributed by atoms with Gasteiger partial charge in [-0.25, -0.2) is 0 Å². The number of hydrogen-bond acceptors (Lipinski definition) is 4. The van der Waals surface area contributed by atoms with Gasteiger partial charge in [-0.1, -0.05) is 5.16 Å². The van der Waals surface area contributed by atoms with Crippen molar-refractivity contribution in [3.05, 3.63) is 11.7 Å². The van der Waals surface area contributed by atoms with Crippen molar-refractivity contribution in [2.45, 2.75) is 57.8 Å². The highest BCUT2D eigenvalue weighted by atomic mass is 16.5. The van der Waals surface area contributed by atoms with Crippen LogP contribution in [0.5, 0.6) is 0 Å². The maximum Gasteiger partial charge on any atom is 0.232 e. The molecule has 1 heterocycles. The molecule has 0 atom stereocenters. The molecule has 0 unspecified atom stereocenters. The van der Waals surface area contributed by atoms with E-state index in [0.717, 1.165) is 44.4 Å². The van der Waals surface area contributed by atoms with Crippen molar-refractivity contribution < 1.29 is 9.32 Å². The van der Waals surface area contributed by atoms with Crippen molar-refractivity contribution in [3.63, 3.8) is 0 Å². The summed E-state index contributed by atoms with van der Waals surface area (Å²) >= 11 is 0. The smallest absolute Gasteiger partial charge is 0.232 e. The molecule has 0 aromatic carbocycles. The zero-order valence-electron chi connectivity index (χ0n) is 10.5. The summed E-state index contributed by atoms with van der Waals surface area (Å²) in [6.07, 6.45) is 6.04. The molecule has 3 aliphatic rings. The summed E-state index contributed by atoms with van der Waals surface area (Å²) in [6, 6.07) is 0. The van der Waals surface area contributed by atoms with Gasteiger partial charge < -0.3 is 4.52 Å². The van der Waals surface area contributed by atoms with Gasteiger partial charge in [0.15, 0.2) is 5.82 Å². The van der Waals surface area contributed by atoms with Gasteiger partial charge in [0.05, 0.1) is 0 Å². The molecule has 1 aromatic rings. The summed E-state index contributed by atoms with van der Waals surface area (Å²) in [6.45, 7) is 3.60. The summed E-state index contributed by atoms with van der Waals surface area (Å²) in [7, 11) is 0. The minimum absolute atomic E-state index is 0.0309. The monoisotopic (exact) mass is 234 g/mol. The first-order valence-electron chi connectivity index (χ1n) is 6.38. The first-order chi connectivity index (χ1) is 8.06. The fourth-order valence-corrected chi connectivity index (χ4v) is 3.55. The molecule has 4 rings (SSSR count). The second-order valence-corrected chi connectivity index (χ2v) is 5.76. The largest absolute Gasteiger partial charge is 0.339 e. The summed E-state index contributed by atoms with van der Waals surface area (Å²) < 4.78 is 5.37. The van der Waals surface area contributed by atoms with E-state index in [0.29, 0.717) is 11.6 Å². The Labute approximate surface area is 101 Å². The van der Waals surface area contributed by atoms with E-state index in [2.05, 4.69) is 10.1 Å². The lowest BCUT2D eigenvalue weighted by Gasteiger charge is -2.50. The summed E-state index contributed by atoms with van der Waals surface area (Å²) in [4.78, 5) is 16.2. The van der Waals surface area contributed by atoms with Gasteiger partial charge in [-0.3, -0.25) is 4.79 Å². The Bertz CT molecular complexity index is 439. The van der Waals surface area contributed by atoms with Crippen LogP contribution in [0.2, 0.25) is 0 Å². The number of hydrogen-bond donors (Lipinski definition) is 0. The van der Waals surface area contributed by atoms with E-state index in [9.17, 15) is 4.79 Å². The van der Waals surface area contributed by atoms with Crippen molar-refractivity contribution in [2.24, 2.45) is 5.41 Å². The second kappa shape index (κ2) is 3.40. The number of aromatic nitrogens is 2. The fraction of sp³-hybridized carbons (Fsp3) is 0.769. The quantitative estimate of drug-likeness (QED) is 0.789. The molecule has 4 nitrogen and oxygen atoms in total. The highest BCUT2D eigenvalue weighted by molar-refractivity contribution is 5.82. The zero-order chi connectivity index (χ0) is 12.1. The van der Waals surface area contributed by atoms with Crippen LogP contribution in [-0.4, -0.2) is 15.9 Å². The minimum atomic E-state index is -0.0309. The lowest BCUT2D eigenvalue weighted by molar-refractivity contribution is -0.133. The molecule has 3 aliphatic carbocycles. The highest BCUT2D eigenvalue weighted by Gasteiger charge is 2.53. The minimum Gasteiger partial charge on any atom is -0.339 e. The molecule has 0 saturated heterocycles. The van der Waals surface area contributed by atoms with Crippen LogP contribution in [-0.2, 0) is 10.2 Å². The van der Waals surface area contributed by atoms with Crippen LogP contribution in [0.4, 0.5) is 0 Å². The standard InChI is InChI=1S/C13H18N2O2/c1-9(16)12-3-6-13(7-4-12,8-5-12)11-14-10(2)15-17-11/h3-8H2,1-2H3. The average Bonchev–Trinajstić information content (AvgIpc) is 2.79. The Morgan fingerprint density at radius 3 is 2.18 bits per heavy atom. The van der Waals surface area contributed by atoms with Crippen LogP contribution in [0.3, 0.4) is 0 Å². The Morgan fingerprint density at radius 1 is 1.18 bits per heavy atom.